The van der Waals surface area contributed by atoms with Crippen molar-refractivity contribution in [3.8, 4) is 0 Å². The van der Waals surface area contributed by atoms with Crippen LogP contribution in [0.25, 0.3) is 0 Å². The lowest BCUT2D eigenvalue weighted by molar-refractivity contribution is 0.204. The lowest BCUT2D eigenvalue weighted by Crippen LogP contribution is -2.43. The van der Waals surface area contributed by atoms with Gasteiger partial charge in [0.2, 0.25) is 0 Å². The summed E-state index contributed by atoms with van der Waals surface area (Å²) >= 11 is 0. The van der Waals surface area contributed by atoms with Crippen LogP contribution in [-0.4, -0.2) is 36.6 Å². The molecule has 1 aliphatic carbocycles. The zero-order chi connectivity index (χ0) is 12.3. The summed E-state index contributed by atoms with van der Waals surface area (Å²) in [6.45, 7) is 1.09. The van der Waals surface area contributed by atoms with Crippen LogP contribution in [0.15, 0.2) is 24.5 Å². The molecule has 0 aliphatic heterocycles. The standard InChI is InChI=1S/C14H23N3/c1-17(2)11-14(7-5-13(15)6-8-14)12-4-3-9-16-10-12/h3-4,9-10,13H,5-8,11,15H2,1-2H3. The van der Waals surface area contributed by atoms with Crippen LogP contribution in [0.1, 0.15) is 31.2 Å². The molecule has 3 heteroatoms. The van der Waals surface area contributed by atoms with E-state index in [1.807, 2.05) is 18.5 Å². The molecular formula is C14H23N3. The molecule has 0 aromatic carbocycles. The summed E-state index contributed by atoms with van der Waals surface area (Å²) in [5, 5.41) is 0. The fourth-order valence-corrected chi connectivity index (χ4v) is 3.01. The van der Waals surface area contributed by atoms with Gasteiger partial charge in [-0.1, -0.05) is 6.07 Å². The van der Waals surface area contributed by atoms with Gasteiger partial charge in [0.15, 0.2) is 0 Å². The number of nitrogens with two attached hydrogens (primary N) is 1. The second kappa shape index (κ2) is 5.15. The first kappa shape index (κ1) is 12.5. The van der Waals surface area contributed by atoms with Gasteiger partial charge in [0.25, 0.3) is 0 Å². The lowest BCUT2D eigenvalue weighted by atomic mass is 9.68. The van der Waals surface area contributed by atoms with Gasteiger partial charge in [0, 0.05) is 30.4 Å². The smallest absolute Gasteiger partial charge is 0.0306 e. The van der Waals surface area contributed by atoms with Gasteiger partial charge in [0.05, 0.1) is 0 Å². The van der Waals surface area contributed by atoms with Crippen molar-refractivity contribution >= 4 is 0 Å². The molecule has 94 valence electrons. The van der Waals surface area contributed by atoms with Crippen LogP contribution >= 0.6 is 0 Å². The van der Waals surface area contributed by atoms with Gasteiger partial charge in [-0.25, -0.2) is 0 Å². The molecule has 0 spiro atoms. The number of nitrogens with zero attached hydrogens (tertiary/aromatic N) is 2. The van der Waals surface area contributed by atoms with E-state index in [4.69, 9.17) is 5.73 Å². The Morgan fingerprint density at radius 1 is 1.41 bits per heavy atom. The molecule has 17 heavy (non-hydrogen) atoms. The van der Waals surface area contributed by atoms with Crippen LogP contribution in [0.4, 0.5) is 0 Å². The third-order valence-corrected chi connectivity index (χ3v) is 3.88. The number of hydrogen-bond donors (Lipinski definition) is 1. The summed E-state index contributed by atoms with van der Waals surface area (Å²) < 4.78 is 0. The van der Waals surface area contributed by atoms with Crippen LogP contribution in [0, 0.1) is 0 Å². The molecule has 0 atom stereocenters. The average Bonchev–Trinajstić information content (AvgIpc) is 2.33. The maximum absolute atomic E-state index is 6.04. The van der Waals surface area contributed by atoms with E-state index >= 15 is 0 Å². The first-order chi connectivity index (χ1) is 8.12. The first-order valence-corrected chi connectivity index (χ1v) is 6.43. The molecular weight excluding hydrogens is 210 g/mol. The quantitative estimate of drug-likeness (QED) is 0.865. The molecule has 1 fully saturated rings. The summed E-state index contributed by atoms with van der Waals surface area (Å²) in [4.78, 5) is 6.56. The summed E-state index contributed by atoms with van der Waals surface area (Å²) in [5.41, 5.74) is 7.67. The second-order valence-electron chi connectivity index (χ2n) is 5.60. The number of rotatable bonds is 3. The number of likely N-dealkylation sites (N-methyl/N-ethyl adjacent to an activating group) is 1. The molecule has 1 saturated carbocycles. The summed E-state index contributed by atoms with van der Waals surface area (Å²) in [7, 11) is 4.29. The maximum Gasteiger partial charge on any atom is 0.0306 e. The van der Waals surface area contributed by atoms with Crippen molar-refractivity contribution in [3.63, 3.8) is 0 Å². The third kappa shape index (κ3) is 2.85. The van der Waals surface area contributed by atoms with Gasteiger partial charge in [-0.3, -0.25) is 4.98 Å². The summed E-state index contributed by atoms with van der Waals surface area (Å²) in [5.74, 6) is 0. The zero-order valence-electron chi connectivity index (χ0n) is 10.9. The highest BCUT2D eigenvalue weighted by atomic mass is 15.1. The SMILES string of the molecule is CN(C)CC1(c2cccnc2)CCC(N)CC1. The molecule has 0 saturated heterocycles. The molecule has 0 radical (unpaired) electrons. The Labute approximate surface area is 104 Å². The summed E-state index contributed by atoms with van der Waals surface area (Å²) in [6, 6.07) is 4.65. The molecule has 3 nitrogen and oxygen atoms in total. The lowest BCUT2D eigenvalue weighted by Gasteiger charge is -2.41. The van der Waals surface area contributed by atoms with Crippen LogP contribution < -0.4 is 5.73 Å². The minimum atomic E-state index is 0.258. The Bertz CT molecular complexity index is 340. The van der Waals surface area contributed by atoms with Crippen molar-refractivity contribution in [2.24, 2.45) is 5.73 Å². The van der Waals surface area contributed by atoms with Gasteiger partial charge in [0.1, 0.15) is 0 Å². The molecule has 1 aromatic rings. The van der Waals surface area contributed by atoms with E-state index in [1.54, 1.807) is 0 Å². The molecule has 1 aromatic heterocycles. The molecule has 0 bridgehead atoms. The Hall–Kier alpha value is -0.930. The maximum atomic E-state index is 6.04. The van der Waals surface area contributed by atoms with E-state index < -0.39 is 0 Å². The van der Waals surface area contributed by atoms with Crippen molar-refractivity contribution in [1.82, 2.24) is 9.88 Å². The van der Waals surface area contributed by atoms with Crippen molar-refractivity contribution < 1.29 is 0 Å². The van der Waals surface area contributed by atoms with Crippen molar-refractivity contribution in [1.29, 1.82) is 0 Å². The highest BCUT2D eigenvalue weighted by Crippen LogP contribution is 2.39. The number of pyridine rings is 1. The van der Waals surface area contributed by atoms with Crippen LogP contribution in [0.3, 0.4) is 0 Å². The highest BCUT2D eigenvalue weighted by Gasteiger charge is 2.36. The molecule has 2 rings (SSSR count). The second-order valence-corrected chi connectivity index (χ2v) is 5.60. The topological polar surface area (TPSA) is 42.2 Å². The first-order valence-electron chi connectivity index (χ1n) is 6.43. The third-order valence-electron chi connectivity index (χ3n) is 3.88. The van der Waals surface area contributed by atoms with E-state index in [0.29, 0.717) is 6.04 Å². The van der Waals surface area contributed by atoms with Crippen molar-refractivity contribution in [3.05, 3.63) is 30.1 Å². The van der Waals surface area contributed by atoms with Gasteiger partial charge in [-0.2, -0.15) is 0 Å². The number of hydrogen-bond acceptors (Lipinski definition) is 3. The van der Waals surface area contributed by atoms with Crippen LogP contribution in [-0.2, 0) is 5.41 Å². The Kier molecular flexibility index (Phi) is 3.79. The van der Waals surface area contributed by atoms with Crippen LogP contribution in [0.5, 0.6) is 0 Å². The van der Waals surface area contributed by atoms with E-state index in [1.165, 1.54) is 18.4 Å². The normalized spacial score (nSPS) is 29.5. The molecule has 1 heterocycles. The summed E-state index contributed by atoms with van der Waals surface area (Å²) in [6.07, 6.45) is 8.49. The van der Waals surface area contributed by atoms with Crippen molar-refractivity contribution in [2.75, 3.05) is 20.6 Å². The zero-order valence-corrected chi connectivity index (χ0v) is 10.9. The van der Waals surface area contributed by atoms with E-state index in [0.717, 1.165) is 19.4 Å². The molecule has 0 amide bonds. The fraction of sp³-hybridized carbons (Fsp3) is 0.643. The van der Waals surface area contributed by atoms with Gasteiger partial charge in [-0.15, -0.1) is 0 Å². The number of aromatic nitrogens is 1. The average molecular weight is 233 g/mol. The molecule has 2 N–H and O–H groups in total. The Morgan fingerprint density at radius 2 is 2.12 bits per heavy atom. The largest absolute Gasteiger partial charge is 0.328 e. The van der Waals surface area contributed by atoms with Crippen molar-refractivity contribution in [2.45, 2.75) is 37.1 Å². The Morgan fingerprint density at radius 3 is 2.65 bits per heavy atom. The minimum absolute atomic E-state index is 0.258. The van der Waals surface area contributed by atoms with E-state index in [-0.39, 0.29) is 5.41 Å². The molecule has 1 aliphatic rings. The minimum Gasteiger partial charge on any atom is -0.328 e. The van der Waals surface area contributed by atoms with Gasteiger partial charge >= 0.3 is 0 Å². The van der Waals surface area contributed by atoms with Crippen LogP contribution in [0.2, 0.25) is 0 Å². The Balaban J connectivity index is 2.24. The van der Waals surface area contributed by atoms with E-state index in [2.05, 4.69) is 30.0 Å². The van der Waals surface area contributed by atoms with Gasteiger partial charge in [-0.05, 0) is 51.4 Å². The molecule has 0 unspecified atom stereocenters. The predicted octanol–water partition coefficient (Wildman–Crippen LogP) is 1.78. The monoisotopic (exact) mass is 233 g/mol. The van der Waals surface area contributed by atoms with E-state index in [9.17, 15) is 0 Å². The highest BCUT2D eigenvalue weighted by molar-refractivity contribution is 5.23. The fourth-order valence-electron chi connectivity index (χ4n) is 3.01. The predicted molar refractivity (Wildman–Crippen MR) is 70.9 cm³/mol. The van der Waals surface area contributed by atoms with Gasteiger partial charge < -0.3 is 10.6 Å².